The highest BCUT2D eigenvalue weighted by Gasteiger charge is 2.24. The molecule has 0 saturated heterocycles. The predicted molar refractivity (Wildman–Crippen MR) is 80.6 cm³/mol. The lowest BCUT2D eigenvalue weighted by molar-refractivity contribution is 0.400. The molecular weight excluding hydrogens is 256 g/mol. The zero-order valence-corrected chi connectivity index (χ0v) is 12.7. The fourth-order valence-corrected chi connectivity index (χ4v) is 2.76. The minimum atomic E-state index is -0.361. The molecule has 3 nitrogen and oxygen atoms in total. The first-order valence-corrected chi connectivity index (χ1v) is 7.55. The normalized spacial score (nSPS) is 13.6. The van der Waals surface area contributed by atoms with Crippen LogP contribution in [0.5, 0.6) is 5.75 Å². The van der Waals surface area contributed by atoms with Gasteiger partial charge in [0, 0.05) is 4.90 Å². The van der Waals surface area contributed by atoms with Crippen molar-refractivity contribution in [1.82, 2.24) is 5.32 Å². The number of nitrogens with zero attached hydrogens (tertiary/aromatic N) is 1. The number of ether oxygens (including phenoxy) is 1. The summed E-state index contributed by atoms with van der Waals surface area (Å²) in [4.78, 5) is 1.24. The number of nitriles is 1. The highest BCUT2D eigenvalue weighted by molar-refractivity contribution is 7.99. The van der Waals surface area contributed by atoms with Crippen LogP contribution in [0, 0.1) is 11.3 Å². The first-order chi connectivity index (χ1) is 9.19. The number of thioether (sulfide) groups is 1. The van der Waals surface area contributed by atoms with Gasteiger partial charge in [0.05, 0.1) is 13.2 Å². The molecule has 104 valence electrons. The molecule has 0 fully saturated rings. The molecule has 1 unspecified atom stereocenters. The van der Waals surface area contributed by atoms with Gasteiger partial charge >= 0.3 is 0 Å². The molecule has 4 heteroatoms. The maximum Gasteiger partial charge on any atom is 0.118 e. The smallest absolute Gasteiger partial charge is 0.118 e. The highest BCUT2D eigenvalue weighted by Crippen LogP contribution is 2.24. The lowest BCUT2D eigenvalue weighted by atomic mass is 9.93. The summed E-state index contributed by atoms with van der Waals surface area (Å²) in [6.45, 7) is 2.05. The van der Waals surface area contributed by atoms with Crippen LogP contribution in [0.25, 0.3) is 0 Å². The van der Waals surface area contributed by atoms with Crippen molar-refractivity contribution < 1.29 is 4.74 Å². The SMILES string of the molecule is CCC(C#N)(CCCSc1ccc(OC)cc1)NC. The molecular formula is C15H22N2OS. The van der Waals surface area contributed by atoms with Crippen LogP contribution in [0.2, 0.25) is 0 Å². The summed E-state index contributed by atoms with van der Waals surface area (Å²) in [5.74, 6) is 1.91. The van der Waals surface area contributed by atoms with Crippen molar-refractivity contribution in [2.24, 2.45) is 0 Å². The molecule has 0 spiro atoms. The minimum Gasteiger partial charge on any atom is -0.497 e. The molecule has 0 radical (unpaired) electrons. The van der Waals surface area contributed by atoms with Crippen molar-refractivity contribution in [1.29, 1.82) is 5.26 Å². The molecule has 0 amide bonds. The quantitative estimate of drug-likeness (QED) is 0.584. The molecule has 1 aromatic carbocycles. The maximum absolute atomic E-state index is 9.22. The standard InChI is InChI=1S/C15H22N2OS/c1-4-15(12-16,17-2)10-5-11-19-14-8-6-13(18-3)7-9-14/h6-9,17H,4-5,10-11H2,1-3H3. The Morgan fingerprint density at radius 1 is 1.37 bits per heavy atom. The van der Waals surface area contributed by atoms with Crippen LogP contribution in [-0.4, -0.2) is 25.4 Å². The lowest BCUT2D eigenvalue weighted by Crippen LogP contribution is -2.40. The molecule has 1 aromatic rings. The third-order valence-electron chi connectivity index (χ3n) is 3.37. The number of hydrogen-bond donors (Lipinski definition) is 1. The second-order valence-electron chi connectivity index (χ2n) is 4.43. The Balaban J connectivity index is 2.36. The highest BCUT2D eigenvalue weighted by atomic mass is 32.2. The van der Waals surface area contributed by atoms with Gasteiger partial charge in [-0.2, -0.15) is 5.26 Å². The van der Waals surface area contributed by atoms with Crippen LogP contribution in [0.4, 0.5) is 0 Å². The fraction of sp³-hybridized carbons (Fsp3) is 0.533. The van der Waals surface area contributed by atoms with Crippen molar-refractivity contribution >= 4 is 11.8 Å². The molecule has 1 rings (SSSR count). The van der Waals surface area contributed by atoms with Crippen LogP contribution >= 0.6 is 11.8 Å². The van der Waals surface area contributed by atoms with E-state index in [0.717, 1.165) is 30.8 Å². The second kappa shape index (κ2) is 8.08. The fourth-order valence-electron chi connectivity index (χ4n) is 1.91. The van der Waals surface area contributed by atoms with Crippen molar-refractivity contribution in [3.8, 4) is 11.8 Å². The number of rotatable bonds is 8. The van der Waals surface area contributed by atoms with Gasteiger partial charge in [0.25, 0.3) is 0 Å². The van der Waals surface area contributed by atoms with Crippen LogP contribution < -0.4 is 10.1 Å². The molecule has 0 aliphatic heterocycles. The van der Waals surface area contributed by atoms with E-state index >= 15 is 0 Å². The number of benzene rings is 1. The predicted octanol–water partition coefficient (Wildman–Crippen LogP) is 3.46. The Morgan fingerprint density at radius 2 is 2.05 bits per heavy atom. The molecule has 0 aromatic heterocycles. The second-order valence-corrected chi connectivity index (χ2v) is 5.59. The van der Waals surface area contributed by atoms with Gasteiger partial charge in [-0.3, -0.25) is 0 Å². The average Bonchev–Trinajstić information content (AvgIpc) is 2.49. The Bertz CT molecular complexity index is 407. The van der Waals surface area contributed by atoms with Gasteiger partial charge < -0.3 is 10.1 Å². The summed E-state index contributed by atoms with van der Waals surface area (Å²) >= 11 is 1.82. The van der Waals surface area contributed by atoms with E-state index in [2.05, 4.69) is 30.4 Å². The van der Waals surface area contributed by atoms with Gasteiger partial charge in [0.1, 0.15) is 11.3 Å². The zero-order valence-electron chi connectivity index (χ0n) is 11.9. The maximum atomic E-state index is 9.22. The first-order valence-electron chi connectivity index (χ1n) is 6.56. The first kappa shape index (κ1) is 15.9. The Kier molecular flexibility index (Phi) is 6.75. The van der Waals surface area contributed by atoms with Gasteiger partial charge in [-0.25, -0.2) is 0 Å². The molecule has 1 atom stereocenters. The molecule has 0 aliphatic carbocycles. The van der Waals surface area contributed by atoms with E-state index in [1.165, 1.54) is 4.90 Å². The van der Waals surface area contributed by atoms with Crippen molar-refractivity contribution in [2.45, 2.75) is 36.6 Å². The Hall–Kier alpha value is -1.18. The van der Waals surface area contributed by atoms with Crippen LogP contribution in [0.1, 0.15) is 26.2 Å². The van der Waals surface area contributed by atoms with Crippen LogP contribution in [0.15, 0.2) is 29.2 Å². The van der Waals surface area contributed by atoms with E-state index in [4.69, 9.17) is 4.74 Å². The van der Waals surface area contributed by atoms with E-state index in [0.29, 0.717) is 0 Å². The minimum absolute atomic E-state index is 0.361. The van der Waals surface area contributed by atoms with Gasteiger partial charge in [-0.05, 0) is 56.3 Å². The monoisotopic (exact) mass is 278 g/mol. The zero-order chi connectivity index (χ0) is 14.1. The number of hydrogen-bond acceptors (Lipinski definition) is 4. The van der Waals surface area contributed by atoms with E-state index in [1.807, 2.05) is 30.9 Å². The summed E-state index contributed by atoms with van der Waals surface area (Å²) < 4.78 is 5.13. The van der Waals surface area contributed by atoms with Crippen molar-refractivity contribution in [3.05, 3.63) is 24.3 Å². The summed E-state index contributed by atoms with van der Waals surface area (Å²) in [5.41, 5.74) is -0.361. The summed E-state index contributed by atoms with van der Waals surface area (Å²) in [6.07, 6.45) is 2.76. The van der Waals surface area contributed by atoms with Gasteiger partial charge in [0.2, 0.25) is 0 Å². The van der Waals surface area contributed by atoms with Crippen molar-refractivity contribution in [3.63, 3.8) is 0 Å². The summed E-state index contributed by atoms with van der Waals surface area (Å²) in [5, 5.41) is 12.4. The van der Waals surface area contributed by atoms with Crippen molar-refractivity contribution in [2.75, 3.05) is 19.9 Å². The number of nitrogens with one attached hydrogen (secondary N) is 1. The summed E-state index contributed by atoms with van der Waals surface area (Å²) in [6, 6.07) is 10.5. The third kappa shape index (κ3) is 4.77. The number of methoxy groups -OCH3 is 1. The molecule has 1 N–H and O–H groups in total. The average molecular weight is 278 g/mol. The lowest BCUT2D eigenvalue weighted by Gasteiger charge is -2.24. The molecule has 0 heterocycles. The summed E-state index contributed by atoms with van der Waals surface area (Å²) in [7, 11) is 3.54. The van der Waals surface area contributed by atoms with E-state index in [1.54, 1.807) is 7.11 Å². The van der Waals surface area contributed by atoms with Gasteiger partial charge in [0.15, 0.2) is 0 Å². The van der Waals surface area contributed by atoms with Gasteiger partial charge in [-0.15, -0.1) is 11.8 Å². The molecule has 0 bridgehead atoms. The van der Waals surface area contributed by atoms with E-state index in [-0.39, 0.29) is 5.54 Å². The Labute approximate surface area is 120 Å². The third-order valence-corrected chi connectivity index (χ3v) is 4.47. The molecule has 19 heavy (non-hydrogen) atoms. The Morgan fingerprint density at radius 3 is 2.53 bits per heavy atom. The van der Waals surface area contributed by atoms with Crippen LogP contribution in [0.3, 0.4) is 0 Å². The van der Waals surface area contributed by atoms with Gasteiger partial charge in [-0.1, -0.05) is 6.92 Å². The topological polar surface area (TPSA) is 45.0 Å². The largest absolute Gasteiger partial charge is 0.497 e. The molecule has 0 saturated carbocycles. The van der Waals surface area contributed by atoms with E-state index < -0.39 is 0 Å². The molecule has 0 aliphatic rings. The van der Waals surface area contributed by atoms with E-state index in [9.17, 15) is 5.26 Å². The van der Waals surface area contributed by atoms with Crippen LogP contribution in [-0.2, 0) is 0 Å².